The molecular formula is C13H15ClN4O2. The number of methoxy groups -OCH3 is 1. The summed E-state index contributed by atoms with van der Waals surface area (Å²) in [5, 5.41) is 4.36. The molecule has 1 fully saturated rings. The van der Waals surface area contributed by atoms with Gasteiger partial charge in [0.25, 0.3) is 0 Å². The SMILES string of the molecule is COC(=O)[C@@H]1CC(N=[N+]=[N-])CN1Cc1ccccc1Cl. The molecule has 1 saturated heterocycles. The van der Waals surface area contributed by atoms with E-state index in [1.54, 1.807) is 0 Å². The van der Waals surface area contributed by atoms with Crippen molar-refractivity contribution in [2.24, 2.45) is 5.11 Å². The largest absolute Gasteiger partial charge is 0.468 e. The molecule has 0 bridgehead atoms. The zero-order valence-electron chi connectivity index (χ0n) is 11.1. The molecule has 20 heavy (non-hydrogen) atoms. The first-order valence-corrected chi connectivity index (χ1v) is 6.63. The summed E-state index contributed by atoms with van der Waals surface area (Å²) in [6.45, 7) is 1.05. The minimum Gasteiger partial charge on any atom is -0.468 e. The minimum absolute atomic E-state index is 0.216. The molecule has 1 unspecified atom stereocenters. The van der Waals surface area contributed by atoms with E-state index in [0.717, 1.165) is 5.56 Å². The molecule has 1 aromatic carbocycles. The second-order valence-electron chi connectivity index (χ2n) is 4.65. The predicted molar refractivity (Wildman–Crippen MR) is 75.2 cm³/mol. The van der Waals surface area contributed by atoms with Crippen molar-refractivity contribution in [3.8, 4) is 0 Å². The molecule has 2 rings (SSSR count). The van der Waals surface area contributed by atoms with Gasteiger partial charge in [0.05, 0.1) is 13.2 Å². The first-order valence-electron chi connectivity index (χ1n) is 6.25. The van der Waals surface area contributed by atoms with Crippen LogP contribution in [0.3, 0.4) is 0 Å². The molecule has 6 nitrogen and oxygen atoms in total. The Bertz CT molecular complexity index is 545. The average Bonchev–Trinajstić information content (AvgIpc) is 2.84. The van der Waals surface area contributed by atoms with Crippen molar-refractivity contribution in [1.29, 1.82) is 0 Å². The van der Waals surface area contributed by atoms with Gasteiger partial charge in [-0.1, -0.05) is 34.9 Å². The number of azide groups is 1. The number of likely N-dealkylation sites (tertiary alicyclic amines) is 1. The van der Waals surface area contributed by atoms with E-state index in [-0.39, 0.29) is 12.0 Å². The van der Waals surface area contributed by atoms with Crippen LogP contribution in [0.15, 0.2) is 29.4 Å². The van der Waals surface area contributed by atoms with Crippen LogP contribution in [0, 0.1) is 0 Å². The summed E-state index contributed by atoms with van der Waals surface area (Å²) in [6, 6.07) is 6.87. The third-order valence-electron chi connectivity index (χ3n) is 3.40. The van der Waals surface area contributed by atoms with Gasteiger partial charge in [0, 0.05) is 23.0 Å². The molecule has 0 N–H and O–H groups in total. The number of ether oxygens (including phenoxy) is 1. The van der Waals surface area contributed by atoms with E-state index in [0.29, 0.717) is 24.5 Å². The number of esters is 1. The number of rotatable bonds is 4. The van der Waals surface area contributed by atoms with E-state index >= 15 is 0 Å². The van der Waals surface area contributed by atoms with Crippen molar-refractivity contribution in [3.05, 3.63) is 45.3 Å². The van der Waals surface area contributed by atoms with Crippen LogP contribution >= 0.6 is 11.6 Å². The number of nitrogens with zero attached hydrogens (tertiary/aromatic N) is 4. The lowest BCUT2D eigenvalue weighted by atomic mass is 10.1. The molecule has 1 aliphatic rings. The Labute approximate surface area is 121 Å². The lowest BCUT2D eigenvalue weighted by molar-refractivity contribution is -0.146. The fourth-order valence-electron chi connectivity index (χ4n) is 2.44. The molecule has 1 aromatic rings. The summed E-state index contributed by atoms with van der Waals surface area (Å²) >= 11 is 6.14. The van der Waals surface area contributed by atoms with Crippen molar-refractivity contribution in [3.63, 3.8) is 0 Å². The van der Waals surface area contributed by atoms with Crippen molar-refractivity contribution in [2.45, 2.75) is 25.0 Å². The average molecular weight is 295 g/mol. The van der Waals surface area contributed by atoms with Crippen molar-refractivity contribution < 1.29 is 9.53 Å². The van der Waals surface area contributed by atoms with E-state index in [9.17, 15) is 4.79 Å². The van der Waals surface area contributed by atoms with Gasteiger partial charge in [-0.15, -0.1) is 0 Å². The maximum atomic E-state index is 11.8. The van der Waals surface area contributed by atoms with Gasteiger partial charge >= 0.3 is 5.97 Å². The summed E-state index contributed by atoms with van der Waals surface area (Å²) < 4.78 is 4.81. The molecule has 0 amide bonds. The van der Waals surface area contributed by atoms with Crippen LogP contribution in [-0.2, 0) is 16.1 Å². The number of carbonyl (C=O) groups is 1. The van der Waals surface area contributed by atoms with Gasteiger partial charge in [0.2, 0.25) is 0 Å². The van der Waals surface area contributed by atoms with E-state index in [4.69, 9.17) is 21.9 Å². The van der Waals surface area contributed by atoms with Crippen LogP contribution in [0.25, 0.3) is 10.4 Å². The third kappa shape index (κ3) is 3.22. The minimum atomic E-state index is -0.397. The molecule has 2 atom stereocenters. The van der Waals surface area contributed by atoms with Crippen molar-refractivity contribution in [2.75, 3.05) is 13.7 Å². The third-order valence-corrected chi connectivity index (χ3v) is 3.77. The highest BCUT2D eigenvalue weighted by atomic mass is 35.5. The van der Waals surface area contributed by atoms with Crippen LogP contribution in [0.5, 0.6) is 0 Å². The Kier molecular flexibility index (Phi) is 4.84. The molecule has 0 saturated carbocycles. The predicted octanol–water partition coefficient (Wildman–Crippen LogP) is 2.77. The van der Waals surface area contributed by atoms with E-state index in [1.165, 1.54) is 7.11 Å². The second-order valence-corrected chi connectivity index (χ2v) is 5.06. The number of halogens is 1. The Balaban J connectivity index is 2.17. The van der Waals surface area contributed by atoms with E-state index in [1.807, 2.05) is 29.2 Å². The Morgan fingerprint density at radius 3 is 3.00 bits per heavy atom. The van der Waals surface area contributed by atoms with Gasteiger partial charge in [-0.05, 0) is 23.6 Å². The zero-order valence-corrected chi connectivity index (χ0v) is 11.8. The smallest absolute Gasteiger partial charge is 0.323 e. The number of hydrogen-bond donors (Lipinski definition) is 0. The number of hydrogen-bond acceptors (Lipinski definition) is 4. The highest BCUT2D eigenvalue weighted by Gasteiger charge is 2.37. The molecule has 0 radical (unpaired) electrons. The summed E-state index contributed by atoms with van der Waals surface area (Å²) in [4.78, 5) is 16.6. The summed E-state index contributed by atoms with van der Waals surface area (Å²) in [7, 11) is 1.36. The lowest BCUT2D eigenvalue weighted by Gasteiger charge is -2.22. The Morgan fingerprint density at radius 2 is 2.35 bits per heavy atom. The lowest BCUT2D eigenvalue weighted by Crippen LogP contribution is -2.36. The molecule has 106 valence electrons. The molecule has 1 heterocycles. The van der Waals surface area contributed by atoms with Crippen LogP contribution in [0.1, 0.15) is 12.0 Å². The quantitative estimate of drug-likeness (QED) is 0.371. The summed E-state index contributed by atoms with van der Waals surface area (Å²) in [5.41, 5.74) is 9.47. The molecule has 1 aliphatic heterocycles. The number of benzene rings is 1. The first-order chi connectivity index (χ1) is 9.65. The monoisotopic (exact) mass is 294 g/mol. The van der Waals surface area contributed by atoms with E-state index < -0.39 is 6.04 Å². The fourth-order valence-corrected chi connectivity index (χ4v) is 2.63. The number of carbonyl (C=O) groups excluding carboxylic acids is 1. The maximum Gasteiger partial charge on any atom is 0.323 e. The van der Waals surface area contributed by atoms with Crippen LogP contribution < -0.4 is 0 Å². The van der Waals surface area contributed by atoms with Crippen LogP contribution in [-0.4, -0.2) is 36.6 Å². The zero-order chi connectivity index (χ0) is 14.5. The van der Waals surface area contributed by atoms with Gasteiger partial charge in [0.1, 0.15) is 6.04 Å². The maximum absolute atomic E-state index is 11.8. The van der Waals surface area contributed by atoms with Gasteiger partial charge in [-0.25, -0.2) is 0 Å². The molecule has 0 aromatic heterocycles. The van der Waals surface area contributed by atoms with Gasteiger partial charge in [-0.2, -0.15) is 0 Å². The summed E-state index contributed by atoms with van der Waals surface area (Å²) in [6.07, 6.45) is 0.473. The molecule has 7 heteroatoms. The molecular weight excluding hydrogens is 280 g/mol. The van der Waals surface area contributed by atoms with Gasteiger partial charge in [-0.3, -0.25) is 9.69 Å². The Hall–Kier alpha value is -1.75. The molecule has 0 spiro atoms. The normalized spacial score (nSPS) is 22.3. The van der Waals surface area contributed by atoms with Crippen LogP contribution in [0.2, 0.25) is 5.02 Å². The molecule has 0 aliphatic carbocycles. The highest BCUT2D eigenvalue weighted by molar-refractivity contribution is 6.31. The van der Waals surface area contributed by atoms with Crippen molar-refractivity contribution in [1.82, 2.24) is 4.90 Å². The first kappa shape index (κ1) is 14.7. The fraction of sp³-hybridized carbons (Fsp3) is 0.462. The second kappa shape index (κ2) is 6.61. The van der Waals surface area contributed by atoms with Crippen LogP contribution in [0.4, 0.5) is 0 Å². The van der Waals surface area contributed by atoms with Crippen molar-refractivity contribution >= 4 is 17.6 Å². The Morgan fingerprint density at radius 1 is 1.60 bits per heavy atom. The van der Waals surface area contributed by atoms with Gasteiger partial charge < -0.3 is 4.74 Å². The summed E-state index contributed by atoms with van der Waals surface area (Å²) in [5.74, 6) is -0.312. The highest BCUT2D eigenvalue weighted by Crippen LogP contribution is 2.26. The topological polar surface area (TPSA) is 78.3 Å². The standard InChI is InChI=1S/C13H15ClN4O2/c1-20-13(19)12-6-10(16-17-15)8-18(12)7-9-4-2-3-5-11(9)14/h2-5,10,12H,6-8H2,1H3/t10?,12-/m0/s1. The van der Waals surface area contributed by atoms with Gasteiger partial charge in [0.15, 0.2) is 0 Å². The van der Waals surface area contributed by atoms with E-state index in [2.05, 4.69) is 10.0 Å².